The van der Waals surface area contributed by atoms with Gasteiger partial charge in [0.25, 0.3) is 0 Å². The van der Waals surface area contributed by atoms with Gasteiger partial charge >= 0.3 is 0 Å². The van der Waals surface area contributed by atoms with E-state index in [1.165, 1.54) is 5.56 Å². The predicted octanol–water partition coefficient (Wildman–Crippen LogP) is 3.92. The van der Waals surface area contributed by atoms with Gasteiger partial charge in [-0.15, -0.1) is 0 Å². The predicted molar refractivity (Wildman–Crippen MR) is 76.2 cm³/mol. The van der Waals surface area contributed by atoms with Crippen molar-refractivity contribution in [1.82, 2.24) is 5.32 Å². The minimum absolute atomic E-state index is 0.209. The molecule has 1 aromatic carbocycles. The second-order valence-corrected chi connectivity index (χ2v) is 4.92. The Morgan fingerprint density at radius 3 is 2.42 bits per heavy atom. The lowest BCUT2D eigenvalue weighted by molar-refractivity contribution is 0.242. The van der Waals surface area contributed by atoms with Gasteiger partial charge in [0.15, 0.2) is 0 Å². The van der Waals surface area contributed by atoms with Crippen LogP contribution in [0.5, 0.6) is 5.75 Å². The zero-order valence-electron chi connectivity index (χ0n) is 11.7. The molecule has 2 aromatic rings. The summed E-state index contributed by atoms with van der Waals surface area (Å²) in [6, 6.07) is 12.4. The largest absolute Gasteiger partial charge is 0.491 e. The maximum absolute atomic E-state index is 5.63. The molecule has 3 heteroatoms. The average Bonchev–Trinajstić information content (AvgIpc) is 2.89. The number of rotatable bonds is 6. The van der Waals surface area contributed by atoms with E-state index in [-0.39, 0.29) is 12.1 Å². The maximum atomic E-state index is 5.63. The highest BCUT2D eigenvalue weighted by Gasteiger charge is 2.06. The van der Waals surface area contributed by atoms with Crippen LogP contribution in [0.4, 0.5) is 0 Å². The van der Waals surface area contributed by atoms with Gasteiger partial charge in [-0.2, -0.15) is 0 Å². The molecule has 102 valence electrons. The fourth-order valence-corrected chi connectivity index (χ4v) is 1.89. The summed E-state index contributed by atoms with van der Waals surface area (Å²) in [6.07, 6.45) is 1.90. The van der Waals surface area contributed by atoms with Crippen LogP contribution in [0.15, 0.2) is 47.1 Å². The van der Waals surface area contributed by atoms with Gasteiger partial charge < -0.3 is 14.5 Å². The molecule has 3 nitrogen and oxygen atoms in total. The third kappa shape index (κ3) is 4.14. The highest BCUT2D eigenvalue weighted by molar-refractivity contribution is 5.29. The Kier molecular flexibility index (Phi) is 4.63. The van der Waals surface area contributed by atoms with Crippen LogP contribution in [0.25, 0.3) is 0 Å². The summed E-state index contributed by atoms with van der Waals surface area (Å²) in [7, 11) is 0. The van der Waals surface area contributed by atoms with Crippen molar-refractivity contribution in [3.8, 4) is 5.75 Å². The van der Waals surface area contributed by atoms with Gasteiger partial charge in [0, 0.05) is 6.04 Å². The highest BCUT2D eigenvalue weighted by atomic mass is 16.5. The number of hydrogen-bond donors (Lipinski definition) is 1. The van der Waals surface area contributed by atoms with E-state index in [1.807, 2.05) is 38.1 Å². The van der Waals surface area contributed by atoms with Crippen LogP contribution in [0.2, 0.25) is 0 Å². The van der Waals surface area contributed by atoms with Crippen LogP contribution in [0, 0.1) is 0 Å². The lowest BCUT2D eigenvalue weighted by atomic mass is 10.1. The summed E-state index contributed by atoms with van der Waals surface area (Å²) in [4.78, 5) is 0. The standard InChI is InChI=1S/C16H21NO2/c1-12(2)19-15-8-6-14(7-9-15)13(3)17-11-16-5-4-10-18-16/h4-10,12-13,17H,11H2,1-3H3. The van der Waals surface area contributed by atoms with Crippen molar-refractivity contribution < 1.29 is 9.15 Å². The van der Waals surface area contributed by atoms with E-state index in [9.17, 15) is 0 Å². The minimum Gasteiger partial charge on any atom is -0.491 e. The third-order valence-corrected chi connectivity index (χ3v) is 2.91. The molecule has 0 spiro atoms. The average molecular weight is 259 g/mol. The molecule has 1 atom stereocenters. The Morgan fingerprint density at radius 2 is 1.84 bits per heavy atom. The number of nitrogens with one attached hydrogen (secondary N) is 1. The van der Waals surface area contributed by atoms with Crippen molar-refractivity contribution in [1.29, 1.82) is 0 Å². The lowest BCUT2D eigenvalue weighted by Gasteiger charge is -2.15. The molecule has 1 aromatic heterocycles. The molecule has 2 rings (SSSR count). The first kappa shape index (κ1) is 13.7. The molecular weight excluding hydrogens is 238 g/mol. The number of hydrogen-bond acceptors (Lipinski definition) is 3. The van der Waals surface area contributed by atoms with Gasteiger partial charge in [-0.3, -0.25) is 0 Å². The van der Waals surface area contributed by atoms with Crippen molar-refractivity contribution in [2.75, 3.05) is 0 Å². The normalized spacial score (nSPS) is 12.6. The molecule has 1 heterocycles. The van der Waals surface area contributed by atoms with Crippen LogP contribution in [-0.4, -0.2) is 6.10 Å². The molecule has 19 heavy (non-hydrogen) atoms. The second kappa shape index (κ2) is 6.43. The van der Waals surface area contributed by atoms with Crippen LogP contribution in [0.3, 0.4) is 0 Å². The molecule has 0 saturated heterocycles. The van der Waals surface area contributed by atoms with Gasteiger partial charge in [-0.25, -0.2) is 0 Å². The number of benzene rings is 1. The first-order chi connectivity index (χ1) is 9.15. The van der Waals surface area contributed by atoms with Gasteiger partial charge in [0.05, 0.1) is 18.9 Å². The minimum atomic E-state index is 0.209. The Hall–Kier alpha value is -1.74. The van der Waals surface area contributed by atoms with Crippen LogP contribution >= 0.6 is 0 Å². The summed E-state index contributed by atoms with van der Waals surface area (Å²) in [5.74, 6) is 1.86. The second-order valence-electron chi connectivity index (χ2n) is 4.92. The molecule has 0 saturated carbocycles. The van der Waals surface area contributed by atoms with E-state index in [0.717, 1.165) is 18.1 Å². The van der Waals surface area contributed by atoms with E-state index in [1.54, 1.807) is 6.26 Å². The zero-order chi connectivity index (χ0) is 13.7. The molecule has 0 aliphatic heterocycles. The van der Waals surface area contributed by atoms with Crippen molar-refractivity contribution in [3.05, 3.63) is 54.0 Å². The molecule has 0 radical (unpaired) electrons. The molecule has 0 amide bonds. The van der Waals surface area contributed by atoms with Gasteiger partial charge in [-0.1, -0.05) is 12.1 Å². The molecule has 0 fully saturated rings. The summed E-state index contributed by atoms with van der Waals surface area (Å²) < 4.78 is 10.9. The molecule has 0 bridgehead atoms. The maximum Gasteiger partial charge on any atom is 0.119 e. The summed E-state index contributed by atoms with van der Waals surface area (Å²) in [5.41, 5.74) is 1.24. The van der Waals surface area contributed by atoms with Crippen LogP contribution < -0.4 is 10.1 Å². The highest BCUT2D eigenvalue weighted by Crippen LogP contribution is 2.19. The van der Waals surface area contributed by atoms with Gasteiger partial charge in [0.2, 0.25) is 0 Å². The lowest BCUT2D eigenvalue weighted by Crippen LogP contribution is -2.17. The van der Waals surface area contributed by atoms with E-state index in [2.05, 4.69) is 24.4 Å². The summed E-state index contributed by atoms with van der Waals surface area (Å²) in [5, 5.41) is 3.43. The first-order valence-corrected chi connectivity index (χ1v) is 6.67. The van der Waals surface area contributed by atoms with Gasteiger partial charge in [-0.05, 0) is 50.6 Å². The topological polar surface area (TPSA) is 34.4 Å². The molecule has 0 aliphatic rings. The zero-order valence-corrected chi connectivity index (χ0v) is 11.7. The smallest absolute Gasteiger partial charge is 0.119 e. The van der Waals surface area contributed by atoms with Crippen molar-refractivity contribution in [2.24, 2.45) is 0 Å². The van der Waals surface area contributed by atoms with Crippen molar-refractivity contribution in [2.45, 2.75) is 39.5 Å². The quantitative estimate of drug-likeness (QED) is 0.854. The monoisotopic (exact) mass is 259 g/mol. The number of furan rings is 1. The Bertz CT molecular complexity index is 474. The Labute approximate surface area is 114 Å². The van der Waals surface area contributed by atoms with Crippen LogP contribution in [-0.2, 0) is 6.54 Å². The molecule has 0 aliphatic carbocycles. The fraction of sp³-hybridized carbons (Fsp3) is 0.375. The van der Waals surface area contributed by atoms with Crippen molar-refractivity contribution >= 4 is 0 Å². The van der Waals surface area contributed by atoms with E-state index in [4.69, 9.17) is 9.15 Å². The Morgan fingerprint density at radius 1 is 1.11 bits per heavy atom. The van der Waals surface area contributed by atoms with E-state index in [0.29, 0.717) is 0 Å². The third-order valence-electron chi connectivity index (χ3n) is 2.91. The fourth-order valence-electron chi connectivity index (χ4n) is 1.89. The Balaban J connectivity index is 1.90. The van der Waals surface area contributed by atoms with E-state index < -0.39 is 0 Å². The SMILES string of the molecule is CC(C)Oc1ccc(C(C)NCc2ccco2)cc1. The first-order valence-electron chi connectivity index (χ1n) is 6.67. The van der Waals surface area contributed by atoms with Crippen LogP contribution in [0.1, 0.15) is 38.1 Å². The summed E-state index contributed by atoms with van der Waals surface area (Å²) >= 11 is 0. The van der Waals surface area contributed by atoms with Crippen molar-refractivity contribution in [3.63, 3.8) is 0 Å². The number of ether oxygens (including phenoxy) is 1. The molecule has 1 unspecified atom stereocenters. The van der Waals surface area contributed by atoms with E-state index >= 15 is 0 Å². The van der Waals surface area contributed by atoms with Gasteiger partial charge in [0.1, 0.15) is 11.5 Å². The molecule has 1 N–H and O–H groups in total. The molecular formula is C16H21NO2. The summed E-state index contributed by atoms with van der Waals surface area (Å²) in [6.45, 7) is 6.93.